The van der Waals surface area contributed by atoms with E-state index in [1.807, 2.05) is 39.0 Å². The molecule has 1 atom stereocenters. The first-order valence-corrected chi connectivity index (χ1v) is 6.49. The summed E-state index contributed by atoms with van der Waals surface area (Å²) >= 11 is 0. The molecule has 1 rings (SSSR count). The molecule has 0 aliphatic heterocycles. The van der Waals surface area contributed by atoms with Gasteiger partial charge in [0, 0.05) is 12.0 Å². The van der Waals surface area contributed by atoms with Crippen LogP contribution in [0.25, 0.3) is 0 Å². The number of benzene rings is 1. The van der Waals surface area contributed by atoms with Gasteiger partial charge in [0.2, 0.25) is 5.91 Å². The van der Waals surface area contributed by atoms with Crippen LogP contribution in [0.3, 0.4) is 0 Å². The molecule has 0 aliphatic carbocycles. The Bertz CT molecular complexity index is 429. The van der Waals surface area contributed by atoms with Crippen molar-refractivity contribution in [3.05, 3.63) is 23.8 Å². The normalized spacial score (nSPS) is 12.1. The van der Waals surface area contributed by atoms with Crippen molar-refractivity contribution in [3.8, 4) is 11.5 Å². The molecule has 0 aromatic heterocycles. The van der Waals surface area contributed by atoms with E-state index in [4.69, 9.17) is 9.47 Å². The monoisotopic (exact) mass is 265 g/mol. The molecule has 0 saturated heterocycles. The predicted molar refractivity (Wildman–Crippen MR) is 75.6 cm³/mol. The molecule has 0 aliphatic rings. The Morgan fingerprint density at radius 3 is 2.42 bits per heavy atom. The Morgan fingerprint density at radius 1 is 1.21 bits per heavy atom. The van der Waals surface area contributed by atoms with Crippen molar-refractivity contribution in [2.24, 2.45) is 5.92 Å². The van der Waals surface area contributed by atoms with Gasteiger partial charge in [0.25, 0.3) is 0 Å². The Labute approximate surface area is 115 Å². The molecule has 4 nitrogen and oxygen atoms in total. The molecule has 0 spiro atoms. The zero-order valence-corrected chi connectivity index (χ0v) is 12.3. The summed E-state index contributed by atoms with van der Waals surface area (Å²) in [6, 6.07) is 5.46. The average Bonchev–Trinajstić information content (AvgIpc) is 2.36. The van der Waals surface area contributed by atoms with Crippen LogP contribution in [-0.2, 0) is 4.79 Å². The van der Waals surface area contributed by atoms with Crippen LogP contribution in [0.4, 0.5) is 0 Å². The Kier molecular flexibility index (Phi) is 5.67. The summed E-state index contributed by atoms with van der Waals surface area (Å²) in [6.07, 6.45) is 0.524. The molecule has 19 heavy (non-hydrogen) atoms. The minimum absolute atomic E-state index is 0.0485. The predicted octanol–water partition coefficient (Wildman–Crippen LogP) is 2.93. The highest BCUT2D eigenvalue weighted by molar-refractivity contribution is 5.76. The zero-order valence-electron chi connectivity index (χ0n) is 12.3. The van der Waals surface area contributed by atoms with E-state index >= 15 is 0 Å². The van der Waals surface area contributed by atoms with E-state index in [1.54, 1.807) is 14.2 Å². The van der Waals surface area contributed by atoms with E-state index < -0.39 is 0 Å². The Morgan fingerprint density at radius 2 is 1.89 bits per heavy atom. The SMILES string of the molecule is COc1ccc(OC)c(C(C)NC(=O)CC(C)C)c1. The van der Waals surface area contributed by atoms with E-state index in [-0.39, 0.29) is 11.9 Å². The second kappa shape index (κ2) is 7.02. The average molecular weight is 265 g/mol. The van der Waals surface area contributed by atoms with Gasteiger partial charge in [-0.2, -0.15) is 0 Å². The number of hydrogen-bond acceptors (Lipinski definition) is 3. The van der Waals surface area contributed by atoms with E-state index in [2.05, 4.69) is 5.32 Å². The van der Waals surface area contributed by atoms with Crippen LogP contribution in [0.1, 0.15) is 38.8 Å². The largest absolute Gasteiger partial charge is 0.497 e. The molecule has 4 heteroatoms. The molecule has 1 aromatic rings. The number of methoxy groups -OCH3 is 2. The van der Waals surface area contributed by atoms with Crippen molar-refractivity contribution in [2.45, 2.75) is 33.2 Å². The fourth-order valence-electron chi connectivity index (χ4n) is 1.93. The second-order valence-electron chi connectivity index (χ2n) is 5.00. The van der Waals surface area contributed by atoms with Gasteiger partial charge in [-0.3, -0.25) is 4.79 Å². The number of rotatable bonds is 6. The van der Waals surface area contributed by atoms with Gasteiger partial charge in [0.1, 0.15) is 11.5 Å². The highest BCUT2D eigenvalue weighted by atomic mass is 16.5. The van der Waals surface area contributed by atoms with Crippen molar-refractivity contribution in [1.29, 1.82) is 0 Å². The zero-order chi connectivity index (χ0) is 14.4. The Hall–Kier alpha value is -1.71. The molecule has 0 bridgehead atoms. The summed E-state index contributed by atoms with van der Waals surface area (Å²) in [5.41, 5.74) is 0.916. The first-order chi connectivity index (χ1) is 8.97. The van der Waals surface area contributed by atoms with Crippen molar-refractivity contribution < 1.29 is 14.3 Å². The summed E-state index contributed by atoms with van der Waals surface area (Å²) in [5.74, 6) is 1.89. The first kappa shape index (κ1) is 15.3. The van der Waals surface area contributed by atoms with Gasteiger partial charge in [0.15, 0.2) is 0 Å². The molecule has 1 unspecified atom stereocenters. The smallest absolute Gasteiger partial charge is 0.220 e. The summed E-state index contributed by atoms with van der Waals surface area (Å²) in [6.45, 7) is 5.99. The van der Waals surface area contributed by atoms with Gasteiger partial charge >= 0.3 is 0 Å². The van der Waals surface area contributed by atoms with Crippen LogP contribution in [0, 0.1) is 5.92 Å². The van der Waals surface area contributed by atoms with Gasteiger partial charge in [-0.05, 0) is 31.0 Å². The lowest BCUT2D eigenvalue weighted by atomic mass is 10.1. The highest BCUT2D eigenvalue weighted by Crippen LogP contribution is 2.29. The van der Waals surface area contributed by atoms with Crippen molar-refractivity contribution in [3.63, 3.8) is 0 Å². The summed E-state index contributed by atoms with van der Waals surface area (Å²) in [7, 11) is 3.24. The topological polar surface area (TPSA) is 47.6 Å². The summed E-state index contributed by atoms with van der Waals surface area (Å²) in [4.78, 5) is 11.8. The molecule has 106 valence electrons. The van der Waals surface area contributed by atoms with E-state index in [1.165, 1.54) is 0 Å². The third-order valence-corrected chi connectivity index (χ3v) is 2.87. The van der Waals surface area contributed by atoms with Gasteiger partial charge in [-0.25, -0.2) is 0 Å². The maximum absolute atomic E-state index is 11.8. The number of nitrogens with one attached hydrogen (secondary N) is 1. The fourth-order valence-corrected chi connectivity index (χ4v) is 1.93. The molecule has 1 aromatic carbocycles. The van der Waals surface area contributed by atoms with Crippen molar-refractivity contribution in [2.75, 3.05) is 14.2 Å². The fraction of sp³-hybridized carbons (Fsp3) is 0.533. The van der Waals surface area contributed by atoms with E-state index in [9.17, 15) is 4.79 Å². The van der Waals surface area contributed by atoms with Crippen LogP contribution in [0.15, 0.2) is 18.2 Å². The van der Waals surface area contributed by atoms with Crippen molar-refractivity contribution in [1.82, 2.24) is 5.32 Å². The maximum Gasteiger partial charge on any atom is 0.220 e. The summed E-state index contributed by atoms with van der Waals surface area (Å²) in [5, 5.41) is 2.98. The van der Waals surface area contributed by atoms with Gasteiger partial charge in [-0.1, -0.05) is 13.8 Å². The molecule has 1 N–H and O–H groups in total. The van der Waals surface area contributed by atoms with Crippen LogP contribution in [0.5, 0.6) is 11.5 Å². The van der Waals surface area contributed by atoms with Crippen LogP contribution in [0.2, 0.25) is 0 Å². The third kappa shape index (κ3) is 4.47. The van der Waals surface area contributed by atoms with Gasteiger partial charge in [0.05, 0.1) is 20.3 Å². The third-order valence-electron chi connectivity index (χ3n) is 2.87. The lowest BCUT2D eigenvalue weighted by molar-refractivity contribution is -0.122. The first-order valence-electron chi connectivity index (χ1n) is 6.49. The molecule has 0 heterocycles. The molecular weight excluding hydrogens is 242 g/mol. The highest BCUT2D eigenvalue weighted by Gasteiger charge is 2.15. The van der Waals surface area contributed by atoms with E-state index in [0.717, 1.165) is 17.1 Å². The quantitative estimate of drug-likeness (QED) is 0.860. The van der Waals surface area contributed by atoms with Gasteiger partial charge < -0.3 is 14.8 Å². The van der Waals surface area contributed by atoms with Crippen molar-refractivity contribution >= 4 is 5.91 Å². The Balaban J connectivity index is 2.85. The molecular formula is C15H23NO3. The lowest BCUT2D eigenvalue weighted by Gasteiger charge is -2.18. The standard InChI is InChI=1S/C15H23NO3/c1-10(2)8-15(17)16-11(3)13-9-12(18-4)6-7-14(13)19-5/h6-7,9-11H,8H2,1-5H3,(H,16,17). The van der Waals surface area contributed by atoms with E-state index in [0.29, 0.717) is 12.3 Å². The number of carbonyl (C=O) groups is 1. The minimum Gasteiger partial charge on any atom is -0.497 e. The number of hydrogen-bond donors (Lipinski definition) is 1. The van der Waals surface area contributed by atoms with Crippen LogP contribution >= 0.6 is 0 Å². The number of amides is 1. The molecule has 0 fully saturated rings. The van der Waals surface area contributed by atoms with Crippen LogP contribution in [-0.4, -0.2) is 20.1 Å². The van der Waals surface area contributed by atoms with Crippen LogP contribution < -0.4 is 14.8 Å². The maximum atomic E-state index is 11.8. The number of carbonyl (C=O) groups excluding carboxylic acids is 1. The molecule has 0 radical (unpaired) electrons. The molecule has 0 saturated carbocycles. The lowest BCUT2D eigenvalue weighted by Crippen LogP contribution is -2.27. The summed E-state index contributed by atoms with van der Waals surface area (Å²) < 4.78 is 10.5. The second-order valence-corrected chi connectivity index (χ2v) is 5.00. The van der Waals surface area contributed by atoms with Gasteiger partial charge in [-0.15, -0.1) is 0 Å². The molecule has 1 amide bonds. The number of ether oxygens (including phenoxy) is 2. The minimum atomic E-state index is -0.115.